The van der Waals surface area contributed by atoms with Crippen molar-refractivity contribution in [1.29, 1.82) is 0 Å². The lowest BCUT2D eigenvalue weighted by Crippen LogP contribution is -2.40. The van der Waals surface area contributed by atoms with Crippen LogP contribution in [0, 0.1) is 10.8 Å². The molecule has 3 nitrogen and oxygen atoms in total. The van der Waals surface area contributed by atoms with Gasteiger partial charge in [0.15, 0.2) is 0 Å². The molecule has 0 aliphatic heterocycles. The lowest BCUT2D eigenvalue weighted by Gasteiger charge is -2.45. The lowest BCUT2D eigenvalue weighted by atomic mass is 9.63. The third kappa shape index (κ3) is 3.92. The van der Waals surface area contributed by atoms with E-state index in [-0.39, 0.29) is 0 Å². The number of rotatable bonds is 3. The highest BCUT2D eigenvalue weighted by molar-refractivity contribution is 7.80. The van der Waals surface area contributed by atoms with E-state index in [0.29, 0.717) is 21.9 Å². The molecule has 1 aliphatic carbocycles. The van der Waals surface area contributed by atoms with E-state index < -0.39 is 0 Å². The molecule has 110 valence electrons. The number of hydrogen-bond acceptors (Lipinski definition) is 3. The number of hydrogen-bond donors (Lipinski definition) is 2. The summed E-state index contributed by atoms with van der Waals surface area (Å²) in [5.41, 5.74) is 7.27. The molecular formula is C16H25N3S. The zero-order valence-corrected chi connectivity index (χ0v) is 13.7. The van der Waals surface area contributed by atoms with Crippen molar-refractivity contribution in [3.05, 3.63) is 23.9 Å². The van der Waals surface area contributed by atoms with Crippen LogP contribution in [-0.2, 0) is 0 Å². The fraction of sp³-hybridized carbons (Fsp3) is 0.625. The zero-order valence-electron chi connectivity index (χ0n) is 12.9. The van der Waals surface area contributed by atoms with Crippen molar-refractivity contribution in [3.63, 3.8) is 0 Å². The molecule has 0 atom stereocenters. The molecule has 1 fully saturated rings. The summed E-state index contributed by atoms with van der Waals surface area (Å²) in [5.74, 6) is 0.869. The number of nitrogens with two attached hydrogens (primary N) is 1. The Labute approximate surface area is 127 Å². The number of aromatic nitrogens is 1. The highest BCUT2D eigenvalue weighted by atomic mass is 32.1. The first kappa shape index (κ1) is 15.2. The number of nitrogens with one attached hydrogen (secondary N) is 1. The Balaban J connectivity index is 2.13. The summed E-state index contributed by atoms with van der Waals surface area (Å²) >= 11 is 5.02. The topological polar surface area (TPSA) is 50.9 Å². The van der Waals surface area contributed by atoms with E-state index in [1.807, 2.05) is 12.1 Å². The molecule has 20 heavy (non-hydrogen) atoms. The second-order valence-electron chi connectivity index (χ2n) is 7.55. The van der Waals surface area contributed by atoms with Gasteiger partial charge in [0, 0.05) is 17.8 Å². The second-order valence-corrected chi connectivity index (χ2v) is 7.99. The Bertz CT molecular complexity index is 492. The lowest BCUT2D eigenvalue weighted by molar-refractivity contribution is 0.105. The minimum absolute atomic E-state index is 0.361. The van der Waals surface area contributed by atoms with Crippen molar-refractivity contribution in [2.75, 3.05) is 5.32 Å². The van der Waals surface area contributed by atoms with E-state index in [2.05, 4.69) is 38.0 Å². The molecule has 0 aromatic carbocycles. The summed E-state index contributed by atoms with van der Waals surface area (Å²) in [6, 6.07) is 4.24. The molecule has 1 aromatic heterocycles. The molecule has 0 amide bonds. The predicted molar refractivity (Wildman–Crippen MR) is 88.9 cm³/mol. The standard InChI is InChI=1S/C16H25N3S/c1-15(2)8-12(9-16(3,4)10-15)19-13-7-11(14(17)20)5-6-18-13/h5-7,12H,8-10H2,1-4H3,(H2,17,20)(H,18,19). The van der Waals surface area contributed by atoms with Crippen LogP contribution in [-0.4, -0.2) is 16.0 Å². The van der Waals surface area contributed by atoms with Crippen LogP contribution in [0.4, 0.5) is 5.82 Å². The Morgan fingerprint density at radius 2 is 1.90 bits per heavy atom. The van der Waals surface area contributed by atoms with Crippen LogP contribution >= 0.6 is 12.2 Å². The van der Waals surface area contributed by atoms with E-state index in [9.17, 15) is 0 Å². The van der Waals surface area contributed by atoms with Crippen molar-refractivity contribution >= 4 is 23.0 Å². The van der Waals surface area contributed by atoms with Crippen LogP contribution in [0.15, 0.2) is 18.3 Å². The van der Waals surface area contributed by atoms with Gasteiger partial charge < -0.3 is 11.1 Å². The first-order valence-electron chi connectivity index (χ1n) is 7.19. The van der Waals surface area contributed by atoms with Crippen molar-refractivity contribution in [2.45, 2.75) is 53.0 Å². The first-order valence-corrected chi connectivity index (χ1v) is 7.60. The summed E-state index contributed by atoms with van der Waals surface area (Å²) in [4.78, 5) is 4.80. The summed E-state index contributed by atoms with van der Waals surface area (Å²) in [6.07, 6.45) is 5.35. The van der Waals surface area contributed by atoms with Crippen molar-refractivity contribution < 1.29 is 0 Å². The van der Waals surface area contributed by atoms with Crippen LogP contribution in [0.2, 0.25) is 0 Å². The highest BCUT2D eigenvalue weighted by Gasteiger charge is 2.38. The normalized spacial score (nSPS) is 21.4. The van der Waals surface area contributed by atoms with Gasteiger partial charge in [0.05, 0.1) is 0 Å². The van der Waals surface area contributed by atoms with Crippen LogP contribution in [0.25, 0.3) is 0 Å². The summed E-state index contributed by atoms with van der Waals surface area (Å²) in [5, 5.41) is 3.56. The van der Waals surface area contributed by atoms with Crippen LogP contribution in [0.3, 0.4) is 0 Å². The van der Waals surface area contributed by atoms with Crippen LogP contribution in [0.1, 0.15) is 52.5 Å². The first-order chi connectivity index (χ1) is 9.17. The van der Waals surface area contributed by atoms with E-state index in [1.54, 1.807) is 6.20 Å². The van der Waals surface area contributed by atoms with Gasteiger partial charge in [-0.05, 0) is 42.2 Å². The number of nitrogens with zero attached hydrogens (tertiary/aromatic N) is 1. The summed E-state index contributed by atoms with van der Waals surface area (Å²) < 4.78 is 0. The maximum atomic E-state index is 5.68. The number of anilines is 1. The molecule has 2 rings (SSSR count). The van der Waals surface area contributed by atoms with Gasteiger partial charge in [0.2, 0.25) is 0 Å². The molecular weight excluding hydrogens is 266 g/mol. The fourth-order valence-electron chi connectivity index (χ4n) is 3.82. The average Bonchev–Trinajstić information content (AvgIpc) is 2.24. The second kappa shape index (κ2) is 5.32. The van der Waals surface area contributed by atoms with Gasteiger partial charge in [-0.15, -0.1) is 0 Å². The van der Waals surface area contributed by atoms with Gasteiger partial charge in [0.1, 0.15) is 10.8 Å². The Kier molecular flexibility index (Phi) is 4.05. The van der Waals surface area contributed by atoms with E-state index in [0.717, 1.165) is 24.2 Å². The minimum Gasteiger partial charge on any atom is -0.389 e. The van der Waals surface area contributed by atoms with Gasteiger partial charge in [-0.2, -0.15) is 0 Å². The molecule has 1 saturated carbocycles. The Hall–Kier alpha value is -1.16. The highest BCUT2D eigenvalue weighted by Crippen LogP contribution is 2.46. The van der Waals surface area contributed by atoms with Crippen LogP contribution in [0.5, 0.6) is 0 Å². The summed E-state index contributed by atoms with van der Waals surface area (Å²) in [6.45, 7) is 9.39. The third-order valence-corrected chi connectivity index (χ3v) is 4.19. The molecule has 1 aromatic rings. The monoisotopic (exact) mass is 291 g/mol. The maximum absolute atomic E-state index is 5.68. The maximum Gasteiger partial charge on any atom is 0.126 e. The van der Waals surface area contributed by atoms with Gasteiger partial charge in [-0.1, -0.05) is 39.9 Å². The molecule has 4 heteroatoms. The minimum atomic E-state index is 0.361. The molecule has 0 unspecified atom stereocenters. The van der Waals surface area contributed by atoms with Gasteiger partial charge in [-0.25, -0.2) is 4.98 Å². The van der Waals surface area contributed by atoms with Gasteiger partial charge >= 0.3 is 0 Å². The SMILES string of the molecule is CC1(C)CC(Nc2cc(C(N)=S)ccn2)CC(C)(C)C1. The van der Waals surface area contributed by atoms with Crippen LogP contribution < -0.4 is 11.1 Å². The van der Waals surface area contributed by atoms with Crippen molar-refractivity contribution in [3.8, 4) is 0 Å². The van der Waals surface area contributed by atoms with Gasteiger partial charge in [0.25, 0.3) is 0 Å². The molecule has 0 radical (unpaired) electrons. The van der Waals surface area contributed by atoms with Gasteiger partial charge in [-0.3, -0.25) is 0 Å². The summed E-state index contributed by atoms with van der Waals surface area (Å²) in [7, 11) is 0. The quantitative estimate of drug-likeness (QED) is 0.833. The smallest absolute Gasteiger partial charge is 0.126 e. The largest absolute Gasteiger partial charge is 0.389 e. The Morgan fingerprint density at radius 1 is 1.30 bits per heavy atom. The Morgan fingerprint density at radius 3 is 2.45 bits per heavy atom. The average molecular weight is 291 g/mol. The molecule has 1 aliphatic rings. The number of thiocarbonyl (C=S) groups is 1. The fourth-order valence-corrected chi connectivity index (χ4v) is 3.95. The number of pyridine rings is 1. The molecule has 1 heterocycles. The molecule has 3 N–H and O–H groups in total. The molecule has 0 saturated heterocycles. The van der Waals surface area contributed by atoms with E-state index in [1.165, 1.54) is 6.42 Å². The van der Waals surface area contributed by atoms with E-state index in [4.69, 9.17) is 18.0 Å². The van der Waals surface area contributed by atoms with E-state index >= 15 is 0 Å². The predicted octanol–water partition coefficient (Wildman–Crippen LogP) is 3.73. The molecule has 0 spiro atoms. The zero-order chi connectivity index (χ0) is 15.0. The molecule has 0 bridgehead atoms. The van der Waals surface area contributed by atoms with Crippen molar-refractivity contribution in [1.82, 2.24) is 4.98 Å². The van der Waals surface area contributed by atoms with Crippen molar-refractivity contribution in [2.24, 2.45) is 16.6 Å². The third-order valence-electron chi connectivity index (χ3n) is 3.95.